The molecule has 0 radical (unpaired) electrons. The molecule has 1 N–H and O–H groups in total. The second kappa shape index (κ2) is 5.80. The molecule has 0 spiro atoms. The number of amides is 1. The van der Waals surface area contributed by atoms with Gasteiger partial charge >= 0.3 is 0 Å². The van der Waals surface area contributed by atoms with E-state index in [-0.39, 0.29) is 11.8 Å². The lowest BCUT2D eigenvalue weighted by molar-refractivity contribution is -0.134. The summed E-state index contributed by atoms with van der Waals surface area (Å²) < 4.78 is 0. The van der Waals surface area contributed by atoms with Crippen molar-refractivity contribution in [1.29, 1.82) is 0 Å². The van der Waals surface area contributed by atoms with Crippen LogP contribution in [0.15, 0.2) is 24.3 Å². The molecular formula is C18H27NO2. The minimum Gasteiger partial charge on any atom is -0.389 e. The van der Waals surface area contributed by atoms with Crippen LogP contribution in [0.1, 0.15) is 57.1 Å². The second-order valence-electron chi connectivity index (χ2n) is 7.28. The fourth-order valence-electron chi connectivity index (χ4n) is 2.91. The van der Waals surface area contributed by atoms with Gasteiger partial charge in [-0.1, -0.05) is 38.1 Å². The first kappa shape index (κ1) is 16.0. The van der Waals surface area contributed by atoms with Crippen molar-refractivity contribution in [3.05, 3.63) is 35.4 Å². The molecule has 1 aromatic rings. The third kappa shape index (κ3) is 4.07. The quantitative estimate of drug-likeness (QED) is 0.904. The Morgan fingerprint density at radius 3 is 2.38 bits per heavy atom. The van der Waals surface area contributed by atoms with Gasteiger partial charge in [-0.05, 0) is 43.2 Å². The number of rotatable bonds is 5. The maximum atomic E-state index is 12.4. The van der Waals surface area contributed by atoms with E-state index in [1.165, 1.54) is 11.1 Å². The molecule has 1 aliphatic carbocycles. The Morgan fingerprint density at radius 2 is 1.90 bits per heavy atom. The smallest absolute Gasteiger partial charge is 0.226 e. The van der Waals surface area contributed by atoms with E-state index in [2.05, 4.69) is 38.1 Å². The van der Waals surface area contributed by atoms with Gasteiger partial charge in [-0.2, -0.15) is 0 Å². The van der Waals surface area contributed by atoms with Crippen molar-refractivity contribution in [2.24, 2.45) is 5.92 Å². The highest BCUT2D eigenvalue weighted by atomic mass is 16.3. The highest BCUT2D eigenvalue weighted by Gasteiger charge is 2.45. The summed E-state index contributed by atoms with van der Waals surface area (Å²) in [5.74, 6) is 1.12. The molecule has 0 bridgehead atoms. The molecule has 1 amide bonds. The van der Waals surface area contributed by atoms with Crippen molar-refractivity contribution in [3.8, 4) is 0 Å². The average molecular weight is 289 g/mol. The number of aliphatic hydroxyl groups is 1. The van der Waals surface area contributed by atoms with E-state index in [1.807, 2.05) is 0 Å². The van der Waals surface area contributed by atoms with Crippen LogP contribution < -0.4 is 0 Å². The van der Waals surface area contributed by atoms with E-state index in [9.17, 15) is 9.90 Å². The van der Waals surface area contributed by atoms with Gasteiger partial charge in [0.1, 0.15) is 0 Å². The summed E-state index contributed by atoms with van der Waals surface area (Å²) >= 11 is 0. The number of carbonyl (C=O) groups is 1. The SMILES string of the molecule is CC(C)c1ccc(C2CC2C(=O)N(C)CC(C)(C)O)cc1. The Balaban J connectivity index is 1.96. The van der Waals surface area contributed by atoms with Gasteiger partial charge in [0.15, 0.2) is 0 Å². The average Bonchev–Trinajstić information content (AvgIpc) is 3.16. The van der Waals surface area contributed by atoms with Gasteiger partial charge in [0.05, 0.1) is 5.60 Å². The highest BCUT2D eigenvalue weighted by Crippen LogP contribution is 2.48. The molecule has 116 valence electrons. The third-order valence-corrected chi connectivity index (χ3v) is 4.14. The van der Waals surface area contributed by atoms with Crippen molar-refractivity contribution in [2.45, 2.75) is 51.6 Å². The first-order valence-electron chi connectivity index (χ1n) is 7.76. The Bertz CT molecular complexity index is 499. The van der Waals surface area contributed by atoms with E-state index < -0.39 is 5.60 Å². The van der Waals surface area contributed by atoms with Crippen molar-refractivity contribution < 1.29 is 9.90 Å². The number of nitrogens with zero attached hydrogens (tertiary/aromatic N) is 1. The predicted octanol–water partition coefficient (Wildman–Crippen LogP) is 3.14. The Morgan fingerprint density at radius 1 is 1.33 bits per heavy atom. The molecule has 1 fully saturated rings. The maximum absolute atomic E-state index is 12.4. The highest BCUT2D eigenvalue weighted by molar-refractivity contribution is 5.82. The summed E-state index contributed by atoms with van der Waals surface area (Å²) in [4.78, 5) is 14.0. The zero-order chi connectivity index (χ0) is 15.8. The van der Waals surface area contributed by atoms with Crippen LogP contribution in [0.4, 0.5) is 0 Å². The number of hydrogen-bond acceptors (Lipinski definition) is 2. The van der Waals surface area contributed by atoms with Gasteiger partial charge < -0.3 is 10.0 Å². The van der Waals surface area contributed by atoms with Crippen molar-refractivity contribution in [1.82, 2.24) is 4.90 Å². The predicted molar refractivity (Wildman–Crippen MR) is 85.3 cm³/mol. The lowest BCUT2D eigenvalue weighted by atomic mass is 10.00. The number of carbonyl (C=O) groups excluding carboxylic acids is 1. The van der Waals surface area contributed by atoms with Gasteiger partial charge in [0, 0.05) is 19.5 Å². The molecule has 3 nitrogen and oxygen atoms in total. The Labute approximate surface area is 128 Å². The lowest BCUT2D eigenvalue weighted by Gasteiger charge is -2.25. The van der Waals surface area contributed by atoms with Crippen molar-refractivity contribution >= 4 is 5.91 Å². The number of benzene rings is 1. The largest absolute Gasteiger partial charge is 0.389 e. The summed E-state index contributed by atoms with van der Waals surface area (Å²) in [6.45, 7) is 8.20. The molecule has 0 aromatic heterocycles. The van der Waals surface area contributed by atoms with Crippen LogP contribution in [0.2, 0.25) is 0 Å². The van der Waals surface area contributed by atoms with Crippen molar-refractivity contribution in [2.75, 3.05) is 13.6 Å². The van der Waals surface area contributed by atoms with E-state index in [0.29, 0.717) is 18.4 Å². The van der Waals surface area contributed by atoms with Crippen LogP contribution in [0.3, 0.4) is 0 Å². The van der Waals surface area contributed by atoms with E-state index in [4.69, 9.17) is 0 Å². The van der Waals surface area contributed by atoms with Gasteiger partial charge in [0.25, 0.3) is 0 Å². The molecule has 2 atom stereocenters. The van der Waals surface area contributed by atoms with E-state index in [1.54, 1.807) is 25.8 Å². The van der Waals surface area contributed by atoms with Gasteiger partial charge in [-0.3, -0.25) is 4.79 Å². The molecule has 21 heavy (non-hydrogen) atoms. The summed E-state index contributed by atoms with van der Waals surface area (Å²) in [7, 11) is 1.78. The van der Waals surface area contributed by atoms with E-state index in [0.717, 1.165) is 6.42 Å². The Hall–Kier alpha value is -1.35. The third-order valence-electron chi connectivity index (χ3n) is 4.14. The first-order valence-corrected chi connectivity index (χ1v) is 7.76. The monoisotopic (exact) mass is 289 g/mol. The standard InChI is InChI=1S/C18H27NO2/c1-12(2)13-6-8-14(9-7-13)15-10-16(15)17(20)19(5)11-18(3,4)21/h6-9,12,15-16,21H,10-11H2,1-5H3. The van der Waals surface area contributed by atoms with Crippen LogP contribution in [-0.4, -0.2) is 35.1 Å². The van der Waals surface area contributed by atoms with Gasteiger partial charge in [-0.25, -0.2) is 0 Å². The number of likely N-dealkylation sites (N-methyl/N-ethyl adjacent to an activating group) is 1. The van der Waals surface area contributed by atoms with E-state index >= 15 is 0 Å². The Kier molecular flexibility index (Phi) is 4.43. The van der Waals surface area contributed by atoms with Crippen molar-refractivity contribution in [3.63, 3.8) is 0 Å². The van der Waals surface area contributed by atoms with Crippen LogP contribution >= 0.6 is 0 Å². The van der Waals surface area contributed by atoms with Crippen LogP contribution in [0, 0.1) is 5.92 Å². The molecule has 3 heteroatoms. The normalized spacial score (nSPS) is 21.5. The minimum absolute atomic E-state index is 0.0854. The van der Waals surface area contributed by atoms with Crippen LogP contribution in [0.25, 0.3) is 0 Å². The lowest BCUT2D eigenvalue weighted by Crippen LogP contribution is -2.40. The summed E-state index contributed by atoms with van der Waals surface area (Å²) in [6.07, 6.45) is 0.927. The minimum atomic E-state index is -0.840. The first-order chi connectivity index (χ1) is 9.69. The second-order valence-corrected chi connectivity index (χ2v) is 7.28. The molecule has 1 aromatic carbocycles. The molecule has 2 rings (SSSR count). The summed E-state index contributed by atoms with van der Waals surface area (Å²) in [6, 6.07) is 8.65. The molecule has 0 aliphatic heterocycles. The van der Waals surface area contributed by atoms with Gasteiger partial charge in [-0.15, -0.1) is 0 Å². The molecule has 1 aliphatic rings. The zero-order valence-corrected chi connectivity index (χ0v) is 13.8. The van der Waals surface area contributed by atoms with Crippen LogP contribution in [-0.2, 0) is 4.79 Å². The van der Waals surface area contributed by atoms with Gasteiger partial charge in [0.2, 0.25) is 5.91 Å². The van der Waals surface area contributed by atoms with Crippen LogP contribution in [0.5, 0.6) is 0 Å². The number of hydrogen-bond donors (Lipinski definition) is 1. The zero-order valence-electron chi connectivity index (χ0n) is 13.8. The molecule has 0 saturated heterocycles. The fourth-order valence-corrected chi connectivity index (χ4v) is 2.91. The molecular weight excluding hydrogens is 262 g/mol. The molecule has 2 unspecified atom stereocenters. The maximum Gasteiger partial charge on any atom is 0.226 e. The fraction of sp³-hybridized carbons (Fsp3) is 0.611. The topological polar surface area (TPSA) is 40.5 Å². The summed E-state index contributed by atoms with van der Waals surface area (Å²) in [5.41, 5.74) is 1.75. The summed E-state index contributed by atoms with van der Waals surface area (Å²) in [5, 5.41) is 9.81. The molecule has 1 saturated carbocycles. The molecule has 0 heterocycles.